The number of aliphatic hydroxyl groups excluding tert-OH is 1. The van der Waals surface area contributed by atoms with E-state index in [2.05, 4.69) is 4.72 Å². The minimum atomic E-state index is -3.52. The van der Waals surface area contributed by atoms with Crippen LogP contribution in [-0.4, -0.2) is 13.5 Å². The van der Waals surface area contributed by atoms with Crippen LogP contribution in [0.3, 0.4) is 0 Å². The Labute approximate surface area is 129 Å². The van der Waals surface area contributed by atoms with Crippen LogP contribution in [-0.2, 0) is 22.4 Å². The fraction of sp³-hybridized carbons (Fsp3) is 0.200. The lowest BCUT2D eigenvalue weighted by Crippen LogP contribution is -2.15. The van der Waals surface area contributed by atoms with Crippen molar-refractivity contribution >= 4 is 27.3 Å². The fourth-order valence-electron chi connectivity index (χ4n) is 1.88. The SMILES string of the molecule is Cc1c(Cl)cccc1NS(=O)(=O)Cc1ccc(CO)cc1. The maximum atomic E-state index is 12.2. The van der Waals surface area contributed by atoms with Gasteiger partial charge in [0.05, 0.1) is 18.0 Å². The van der Waals surface area contributed by atoms with Gasteiger partial charge in [0.1, 0.15) is 0 Å². The van der Waals surface area contributed by atoms with E-state index in [-0.39, 0.29) is 12.4 Å². The Morgan fingerprint density at radius 1 is 1.10 bits per heavy atom. The number of aliphatic hydroxyl groups is 1. The first-order valence-electron chi connectivity index (χ1n) is 6.35. The van der Waals surface area contributed by atoms with Gasteiger partial charge in [0.25, 0.3) is 0 Å². The van der Waals surface area contributed by atoms with Gasteiger partial charge in [-0.25, -0.2) is 8.42 Å². The molecule has 0 aliphatic carbocycles. The molecule has 0 saturated carbocycles. The zero-order valence-corrected chi connectivity index (χ0v) is 13.1. The van der Waals surface area contributed by atoms with Crippen LogP contribution in [0.25, 0.3) is 0 Å². The summed E-state index contributed by atoms with van der Waals surface area (Å²) in [5, 5.41) is 9.49. The molecule has 112 valence electrons. The Balaban J connectivity index is 2.16. The van der Waals surface area contributed by atoms with Gasteiger partial charge in [-0.05, 0) is 35.7 Å². The lowest BCUT2D eigenvalue weighted by molar-refractivity contribution is 0.282. The molecule has 0 spiro atoms. The molecule has 6 heteroatoms. The van der Waals surface area contributed by atoms with Crippen LogP contribution >= 0.6 is 11.6 Å². The quantitative estimate of drug-likeness (QED) is 0.887. The van der Waals surface area contributed by atoms with Crippen LogP contribution in [0.4, 0.5) is 5.69 Å². The molecule has 2 aromatic rings. The first kappa shape index (κ1) is 15.8. The van der Waals surface area contributed by atoms with Crippen molar-refractivity contribution in [3.8, 4) is 0 Å². The molecule has 4 nitrogen and oxygen atoms in total. The maximum absolute atomic E-state index is 12.2. The van der Waals surface area contributed by atoms with Gasteiger partial charge in [-0.3, -0.25) is 4.72 Å². The largest absolute Gasteiger partial charge is 0.392 e. The highest BCUT2D eigenvalue weighted by Gasteiger charge is 2.14. The second-order valence-corrected chi connectivity index (χ2v) is 6.88. The Kier molecular flexibility index (Phi) is 4.88. The van der Waals surface area contributed by atoms with Crippen molar-refractivity contribution in [2.24, 2.45) is 0 Å². The van der Waals surface area contributed by atoms with Gasteiger partial charge < -0.3 is 5.11 Å². The number of anilines is 1. The number of benzene rings is 2. The summed E-state index contributed by atoms with van der Waals surface area (Å²) >= 11 is 5.98. The van der Waals surface area contributed by atoms with Gasteiger partial charge in [0, 0.05) is 5.02 Å². The molecule has 0 aromatic heterocycles. The number of rotatable bonds is 5. The third-order valence-corrected chi connectivity index (χ3v) is 4.75. The second-order valence-electron chi connectivity index (χ2n) is 4.75. The highest BCUT2D eigenvalue weighted by atomic mass is 35.5. The Bertz CT molecular complexity index is 727. The number of nitrogens with one attached hydrogen (secondary N) is 1. The van der Waals surface area contributed by atoms with E-state index in [0.717, 1.165) is 5.56 Å². The zero-order valence-electron chi connectivity index (χ0n) is 11.5. The topological polar surface area (TPSA) is 66.4 Å². The van der Waals surface area contributed by atoms with E-state index in [1.165, 1.54) is 0 Å². The second kappa shape index (κ2) is 6.47. The van der Waals surface area contributed by atoms with Crippen molar-refractivity contribution in [1.82, 2.24) is 0 Å². The summed E-state index contributed by atoms with van der Waals surface area (Å²) in [6.45, 7) is 1.70. The first-order chi connectivity index (χ1) is 9.91. The molecule has 0 aliphatic rings. The van der Waals surface area contributed by atoms with Crippen LogP contribution in [0.5, 0.6) is 0 Å². The van der Waals surface area contributed by atoms with E-state index < -0.39 is 10.0 Å². The zero-order chi connectivity index (χ0) is 15.5. The van der Waals surface area contributed by atoms with E-state index in [9.17, 15) is 8.42 Å². The molecular weight excluding hydrogens is 310 g/mol. The van der Waals surface area contributed by atoms with E-state index in [0.29, 0.717) is 21.8 Å². The van der Waals surface area contributed by atoms with Crippen molar-refractivity contribution in [1.29, 1.82) is 0 Å². The number of hydrogen-bond acceptors (Lipinski definition) is 3. The minimum absolute atomic E-state index is 0.0625. The molecule has 2 N–H and O–H groups in total. The van der Waals surface area contributed by atoms with Crippen molar-refractivity contribution in [2.75, 3.05) is 4.72 Å². The standard InChI is InChI=1S/C15H16ClNO3S/c1-11-14(16)3-2-4-15(11)17-21(19,20)10-13-7-5-12(9-18)6-8-13/h2-8,17-18H,9-10H2,1H3. The summed E-state index contributed by atoms with van der Waals surface area (Å²) in [6.07, 6.45) is 0. The van der Waals surface area contributed by atoms with Gasteiger partial charge in [-0.15, -0.1) is 0 Å². The molecular formula is C15H16ClNO3S. The molecule has 0 aliphatic heterocycles. The normalized spacial score (nSPS) is 11.4. The molecule has 2 aromatic carbocycles. The molecule has 21 heavy (non-hydrogen) atoms. The van der Waals surface area contributed by atoms with E-state index >= 15 is 0 Å². The molecule has 0 atom stereocenters. The third-order valence-electron chi connectivity index (χ3n) is 3.10. The van der Waals surface area contributed by atoms with Crippen LogP contribution in [0, 0.1) is 6.92 Å². The average Bonchev–Trinajstić information content (AvgIpc) is 2.44. The molecule has 0 heterocycles. The van der Waals surface area contributed by atoms with Gasteiger partial charge in [-0.1, -0.05) is 41.9 Å². The smallest absolute Gasteiger partial charge is 0.236 e. The Morgan fingerprint density at radius 3 is 2.33 bits per heavy atom. The van der Waals surface area contributed by atoms with Crippen molar-refractivity contribution in [3.63, 3.8) is 0 Å². The molecule has 2 rings (SSSR count). The lowest BCUT2D eigenvalue weighted by atomic mass is 10.2. The number of sulfonamides is 1. The molecule has 0 saturated heterocycles. The summed E-state index contributed by atoms with van der Waals surface area (Å²) < 4.78 is 26.9. The van der Waals surface area contributed by atoms with Crippen LogP contribution in [0.15, 0.2) is 42.5 Å². The van der Waals surface area contributed by atoms with Gasteiger partial charge >= 0.3 is 0 Å². The van der Waals surface area contributed by atoms with Gasteiger partial charge in [-0.2, -0.15) is 0 Å². The number of hydrogen-bond donors (Lipinski definition) is 2. The van der Waals surface area contributed by atoms with E-state index in [1.54, 1.807) is 49.4 Å². The predicted molar refractivity (Wildman–Crippen MR) is 84.8 cm³/mol. The minimum Gasteiger partial charge on any atom is -0.392 e. The van der Waals surface area contributed by atoms with Crippen LogP contribution < -0.4 is 4.72 Å². The first-order valence-corrected chi connectivity index (χ1v) is 8.38. The monoisotopic (exact) mass is 325 g/mol. The molecule has 0 unspecified atom stereocenters. The summed E-state index contributed by atoms with van der Waals surface area (Å²) in [5.74, 6) is -0.134. The Morgan fingerprint density at radius 2 is 1.71 bits per heavy atom. The van der Waals surface area contributed by atoms with Crippen LogP contribution in [0.1, 0.15) is 16.7 Å². The highest BCUT2D eigenvalue weighted by molar-refractivity contribution is 7.91. The van der Waals surface area contributed by atoms with E-state index in [1.807, 2.05) is 0 Å². The van der Waals surface area contributed by atoms with Crippen molar-refractivity contribution < 1.29 is 13.5 Å². The summed E-state index contributed by atoms with van der Waals surface area (Å²) in [6, 6.07) is 11.9. The molecule has 0 amide bonds. The van der Waals surface area contributed by atoms with Gasteiger partial charge in [0.15, 0.2) is 0 Å². The van der Waals surface area contributed by atoms with Crippen molar-refractivity contribution in [2.45, 2.75) is 19.3 Å². The predicted octanol–water partition coefficient (Wildman–Crippen LogP) is 3.08. The average molecular weight is 326 g/mol. The summed E-state index contributed by atoms with van der Waals surface area (Å²) in [4.78, 5) is 0. The summed E-state index contributed by atoms with van der Waals surface area (Å²) in [5.41, 5.74) is 2.57. The van der Waals surface area contributed by atoms with Crippen molar-refractivity contribution in [3.05, 3.63) is 64.2 Å². The highest BCUT2D eigenvalue weighted by Crippen LogP contribution is 2.24. The Hall–Kier alpha value is -1.56. The third kappa shape index (κ3) is 4.20. The molecule has 0 fully saturated rings. The maximum Gasteiger partial charge on any atom is 0.236 e. The van der Waals surface area contributed by atoms with E-state index in [4.69, 9.17) is 16.7 Å². The van der Waals surface area contributed by atoms with Crippen LogP contribution in [0.2, 0.25) is 5.02 Å². The fourth-order valence-corrected chi connectivity index (χ4v) is 3.32. The number of halogens is 1. The molecule has 0 bridgehead atoms. The molecule has 0 radical (unpaired) electrons. The van der Waals surface area contributed by atoms with Gasteiger partial charge in [0.2, 0.25) is 10.0 Å². The lowest BCUT2D eigenvalue weighted by Gasteiger charge is -2.11. The summed E-state index contributed by atoms with van der Waals surface area (Å²) in [7, 11) is -3.52.